The molecule has 0 atom stereocenters. The Balaban J connectivity index is 2.06. The largest absolute Gasteiger partial charge is 0.481 e. The highest BCUT2D eigenvalue weighted by molar-refractivity contribution is 14.1. The van der Waals surface area contributed by atoms with E-state index in [1.165, 1.54) is 0 Å². The zero-order valence-corrected chi connectivity index (χ0v) is 12.5. The van der Waals surface area contributed by atoms with Gasteiger partial charge in [-0.05, 0) is 41.5 Å². The highest BCUT2D eigenvalue weighted by Gasteiger charge is 2.29. The molecule has 1 N–H and O–H groups in total. The summed E-state index contributed by atoms with van der Waals surface area (Å²) in [6.45, 7) is 0. The summed E-state index contributed by atoms with van der Waals surface area (Å²) in [7, 11) is 1.57. The number of aromatic nitrogens is 3. The van der Waals surface area contributed by atoms with Crippen molar-refractivity contribution in [3.8, 4) is 17.3 Å². The molecule has 0 saturated heterocycles. The molecule has 19 heavy (non-hydrogen) atoms. The Hall–Kier alpha value is -1.44. The quantitative estimate of drug-likeness (QED) is 0.844. The minimum absolute atomic E-state index is 0.0803. The fourth-order valence-corrected chi connectivity index (χ4v) is 2.58. The molecule has 1 aliphatic carbocycles. The molecule has 0 aromatic carbocycles. The van der Waals surface area contributed by atoms with Gasteiger partial charge in [0.25, 0.3) is 5.56 Å². The third kappa shape index (κ3) is 2.49. The van der Waals surface area contributed by atoms with E-state index in [9.17, 15) is 4.79 Å². The third-order valence-corrected chi connectivity index (χ3v) is 4.11. The molecule has 0 spiro atoms. The van der Waals surface area contributed by atoms with E-state index in [4.69, 9.17) is 4.74 Å². The van der Waals surface area contributed by atoms with Crippen molar-refractivity contribution in [2.75, 3.05) is 7.11 Å². The van der Waals surface area contributed by atoms with Crippen LogP contribution < -0.4 is 10.3 Å². The zero-order chi connectivity index (χ0) is 13.4. The van der Waals surface area contributed by atoms with Gasteiger partial charge in [-0.1, -0.05) is 0 Å². The van der Waals surface area contributed by atoms with Crippen molar-refractivity contribution >= 4 is 22.6 Å². The lowest BCUT2D eigenvalue weighted by Gasteiger charge is -2.06. The molecule has 0 radical (unpaired) electrons. The van der Waals surface area contributed by atoms with E-state index in [1.54, 1.807) is 19.4 Å². The average Bonchev–Trinajstić information content (AvgIpc) is 3.26. The van der Waals surface area contributed by atoms with Gasteiger partial charge >= 0.3 is 0 Å². The van der Waals surface area contributed by atoms with Crippen LogP contribution >= 0.6 is 22.6 Å². The Morgan fingerprint density at radius 3 is 2.79 bits per heavy atom. The van der Waals surface area contributed by atoms with Gasteiger partial charge in [0.1, 0.15) is 5.82 Å². The Kier molecular flexibility index (Phi) is 3.26. The first-order valence-electron chi connectivity index (χ1n) is 5.99. The molecular weight excluding hydrogens is 357 g/mol. The van der Waals surface area contributed by atoms with Crippen molar-refractivity contribution in [3.05, 3.63) is 37.9 Å². The van der Waals surface area contributed by atoms with Crippen molar-refractivity contribution in [1.29, 1.82) is 0 Å². The summed E-state index contributed by atoms with van der Waals surface area (Å²) in [5, 5.41) is 0. The second kappa shape index (κ2) is 4.92. The van der Waals surface area contributed by atoms with E-state index >= 15 is 0 Å². The number of hydrogen-bond donors (Lipinski definition) is 1. The van der Waals surface area contributed by atoms with Crippen LogP contribution in [0.2, 0.25) is 0 Å². The maximum Gasteiger partial charge on any atom is 0.264 e. The van der Waals surface area contributed by atoms with E-state index in [-0.39, 0.29) is 5.56 Å². The summed E-state index contributed by atoms with van der Waals surface area (Å²) < 4.78 is 5.71. The lowest BCUT2D eigenvalue weighted by molar-refractivity contribution is 0.398. The van der Waals surface area contributed by atoms with Gasteiger partial charge in [0.15, 0.2) is 0 Å². The molecule has 1 fully saturated rings. The van der Waals surface area contributed by atoms with Gasteiger partial charge in [0.2, 0.25) is 5.88 Å². The van der Waals surface area contributed by atoms with Crippen LogP contribution in [0.15, 0.2) is 23.1 Å². The number of rotatable bonds is 3. The van der Waals surface area contributed by atoms with Crippen molar-refractivity contribution in [2.45, 2.75) is 18.8 Å². The number of halogens is 1. The number of nitrogens with zero attached hydrogens (tertiary/aromatic N) is 2. The van der Waals surface area contributed by atoms with E-state index in [2.05, 4.69) is 37.5 Å². The topological polar surface area (TPSA) is 67.9 Å². The molecule has 1 aliphatic rings. The first-order chi connectivity index (χ1) is 9.19. The van der Waals surface area contributed by atoms with Crippen LogP contribution in [0.4, 0.5) is 0 Å². The summed E-state index contributed by atoms with van der Waals surface area (Å²) in [5.74, 6) is 1.56. The molecule has 3 rings (SSSR count). The van der Waals surface area contributed by atoms with E-state index in [1.807, 2.05) is 6.07 Å². The molecule has 2 aromatic heterocycles. The second-order valence-electron chi connectivity index (χ2n) is 4.48. The molecule has 2 heterocycles. The zero-order valence-electron chi connectivity index (χ0n) is 10.3. The molecule has 0 amide bonds. The van der Waals surface area contributed by atoms with Crippen LogP contribution in [0.25, 0.3) is 11.4 Å². The van der Waals surface area contributed by atoms with Gasteiger partial charge in [-0.2, -0.15) is 0 Å². The number of pyridine rings is 1. The molecule has 5 nitrogen and oxygen atoms in total. The van der Waals surface area contributed by atoms with Crippen LogP contribution in [0.5, 0.6) is 5.88 Å². The van der Waals surface area contributed by atoms with E-state index < -0.39 is 0 Å². The average molecular weight is 369 g/mol. The number of H-pyrrole nitrogens is 1. The SMILES string of the molecule is COc1ccc(-c2nc(C3CC3)c(I)c(=O)[nH]2)cn1. The van der Waals surface area contributed by atoms with Gasteiger partial charge < -0.3 is 9.72 Å². The monoisotopic (exact) mass is 369 g/mol. The van der Waals surface area contributed by atoms with Crippen LogP contribution in [0.3, 0.4) is 0 Å². The number of aromatic amines is 1. The highest BCUT2D eigenvalue weighted by Crippen LogP contribution is 2.40. The smallest absolute Gasteiger partial charge is 0.264 e. The number of methoxy groups -OCH3 is 1. The number of ether oxygens (including phenoxy) is 1. The summed E-state index contributed by atoms with van der Waals surface area (Å²) in [5.41, 5.74) is 1.62. The normalized spacial score (nSPS) is 14.4. The maximum absolute atomic E-state index is 11.9. The first-order valence-corrected chi connectivity index (χ1v) is 7.07. The molecule has 98 valence electrons. The third-order valence-electron chi connectivity index (χ3n) is 3.07. The van der Waals surface area contributed by atoms with Crippen LogP contribution in [-0.4, -0.2) is 22.1 Å². The van der Waals surface area contributed by atoms with Gasteiger partial charge in [-0.15, -0.1) is 0 Å². The van der Waals surface area contributed by atoms with Gasteiger partial charge in [-0.25, -0.2) is 9.97 Å². The van der Waals surface area contributed by atoms with Crippen molar-refractivity contribution in [1.82, 2.24) is 15.0 Å². The number of hydrogen-bond acceptors (Lipinski definition) is 4. The standard InChI is InChI=1S/C13H12IN3O2/c1-19-9-5-4-8(6-15-9)12-16-11(7-2-3-7)10(14)13(18)17-12/h4-7H,2-3H2,1H3,(H,16,17,18). The lowest BCUT2D eigenvalue weighted by Crippen LogP contribution is -2.16. The lowest BCUT2D eigenvalue weighted by atomic mass is 10.2. The summed E-state index contributed by atoms with van der Waals surface area (Å²) in [6, 6.07) is 3.59. The summed E-state index contributed by atoms with van der Waals surface area (Å²) >= 11 is 2.07. The molecule has 0 aliphatic heterocycles. The van der Waals surface area contributed by atoms with E-state index in [0.717, 1.165) is 24.1 Å². The first kappa shape index (κ1) is 12.6. The molecule has 1 saturated carbocycles. The Morgan fingerprint density at radius 2 is 2.21 bits per heavy atom. The van der Waals surface area contributed by atoms with Crippen molar-refractivity contribution < 1.29 is 4.74 Å². The predicted octanol–water partition coefficient (Wildman–Crippen LogP) is 2.32. The second-order valence-corrected chi connectivity index (χ2v) is 5.56. The fraction of sp³-hybridized carbons (Fsp3) is 0.308. The Morgan fingerprint density at radius 1 is 1.42 bits per heavy atom. The molecule has 6 heteroatoms. The number of nitrogens with one attached hydrogen (secondary N) is 1. The Labute approximate surface area is 123 Å². The molecule has 0 bridgehead atoms. The van der Waals surface area contributed by atoms with Gasteiger partial charge in [-0.3, -0.25) is 4.79 Å². The van der Waals surface area contributed by atoms with Crippen LogP contribution in [-0.2, 0) is 0 Å². The van der Waals surface area contributed by atoms with Crippen LogP contribution in [0, 0.1) is 3.57 Å². The minimum Gasteiger partial charge on any atom is -0.481 e. The van der Waals surface area contributed by atoms with Crippen molar-refractivity contribution in [3.63, 3.8) is 0 Å². The summed E-state index contributed by atoms with van der Waals surface area (Å²) in [4.78, 5) is 23.4. The molecule has 0 unspecified atom stereocenters. The van der Waals surface area contributed by atoms with Gasteiger partial charge in [0, 0.05) is 23.7 Å². The van der Waals surface area contributed by atoms with Crippen molar-refractivity contribution in [2.24, 2.45) is 0 Å². The van der Waals surface area contributed by atoms with Crippen LogP contribution in [0.1, 0.15) is 24.5 Å². The minimum atomic E-state index is -0.0803. The fourth-order valence-electron chi connectivity index (χ4n) is 1.88. The highest BCUT2D eigenvalue weighted by atomic mass is 127. The van der Waals surface area contributed by atoms with Gasteiger partial charge in [0.05, 0.1) is 16.4 Å². The maximum atomic E-state index is 11.9. The predicted molar refractivity (Wildman–Crippen MR) is 79.3 cm³/mol. The Bertz CT molecular complexity index is 663. The molecule has 2 aromatic rings. The summed E-state index contributed by atoms with van der Waals surface area (Å²) in [6.07, 6.45) is 3.89. The van der Waals surface area contributed by atoms with E-state index in [0.29, 0.717) is 21.2 Å². The molecular formula is C13H12IN3O2.